The molecule has 0 amide bonds. The predicted molar refractivity (Wildman–Crippen MR) is 67.4 cm³/mol. The fourth-order valence-corrected chi connectivity index (χ4v) is 2.95. The third-order valence-electron chi connectivity index (χ3n) is 1.90. The molecule has 0 spiro atoms. The number of rotatable bonds is 3. The van der Waals surface area contributed by atoms with Crippen molar-refractivity contribution in [1.29, 1.82) is 0 Å². The Labute approximate surface area is 105 Å². The number of hydrogen-bond acceptors (Lipinski definition) is 3. The first-order valence-electron chi connectivity index (χ1n) is 4.41. The summed E-state index contributed by atoms with van der Waals surface area (Å²) in [7, 11) is 0. The van der Waals surface area contributed by atoms with Crippen molar-refractivity contribution in [2.75, 3.05) is 6.54 Å². The van der Waals surface area contributed by atoms with Crippen molar-refractivity contribution in [2.24, 2.45) is 5.73 Å². The second-order valence-electron chi connectivity index (χ2n) is 2.99. The minimum Gasteiger partial charge on any atom is -0.332 e. The summed E-state index contributed by atoms with van der Waals surface area (Å²) in [6.07, 6.45) is 0.715. The molecular formula is C9H9BrClN3S. The number of nitrogens with two attached hydrogens (primary N) is 1. The van der Waals surface area contributed by atoms with Crippen LogP contribution in [-0.4, -0.2) is 16.5 Å². The Kier molecular flexibility index (Phi) is 3.45. The molecule has 2 aromatic rings. The number of nitrogens with one attached hydrogen (secondary N) is 1. The van der Waals surface area contributed by atoms with Crippen LogP contribution in [0.2, 0.25) is 5.15 Å². The molecule has 2 rings (SSSR count). The van der Waals surface area contributed by atoms with Gasteiger partial charge in [0.15, 0.2) is 0 Å². The van der Waals surface area contributed by atoms with Gasteiger partial charge in [-0.25, -0.2) is 4.98 Å². The van der Waals surface area contributed by atoms with E-state index in [0.29, 0.717) is 18.1 Å². The van der Waals surface area contributed by atoms with E-state index in [1.807, 2.05) is 12.1 Å². The van der Waals surface area contributed by atoms with E-state index in [2.05, 4.69) is 25.9 Å². The average molecular weight is 307 g/mol. The van der Waals surface area contributed by atoms with Crippen molar-refractivity contribution in [2.45, 2.75) is 6.42 Å². The lowest BCUT2D eigenvalue weighted by Gasteiger charge is -1.89. The molecule has 0 radical (unpaired) electrons. The first-order valence-corrected chi connectivity index (χ1v) is 6.39. The van der Waals surface area contributed by atoms with Crippen LogP contribution < -0.4 is 5.73 Å². The molecule has 3 N–H and O–H groups in total. The third-order valence-corrected chi connectivity index (χ3v) is 3.80. The lowest BCUT2D eigenvalue weighted by atomic mass is 10.4. The van der Waals surface area contributed by atoms with Crippen LogP contribution in [0.5, 0.6) is 0 Å². The Balaban J connectivity index is 2.35. The molecule has 3 nitrogen and oxygen atoms in total. The standard InChI is InChI=1S/C9H9BrClN3S/c10-6-2-1-5(15-6)8-9(11)14-7(13-8)3-4-12/h1-2H,3-4,12H2,(H,13,14). The summed E-state index contributed by atoms with van der Waals surface area (Å²) >= 11 is 11.1. The van der Waals surface area contributed by atoms with Crippen molar-refractivity contribution in [3.05, 3.63) is 26.9 Å². The van der Waals surface area contributed by atoms with Gasteiger partial charge in [-0.1, -0.05) is 11.6 Å². The summed E-state index contributed by atoms with van der Waals surface area (Å²) in [5.41, 5.74) is 6.26. The fraction of sp³-hybridized carbons (Fsp3) is 0.222. The first-order chi connectivity index (χ1) is 7.20. The van der Waals surface area contributed by atoms with Gasteiger partial charge >= 0.3 is 0 Å². The highest BCUT2D eigenvalue weighted by Gasteiger charge is 2.11. The van der Waals surface area contributed by atoms with E-state index >= 15 is 0 Å². The van der Waals surface area contributed by atoms with E-state index in [0.717, 1.165) is 20.2 Å². The molecule has 2 heterocycles. The van der Waals surface area contributed by atoms with Gasteiger partial charge in [0.25, 0.3) is 0 Å². The molecule has 80 valence electrons. The number of thiophene rings is 1. The van der Waals surface area contributed by atoms with E-state index in [-0.39, 0.29) is 0 Å². The zero-order valence-electron chi connectivity index (χ0n) is 7.76. The Bertz CT molecular complexity index is 466. The maximum absolute atomic E-state index is 6.06. The van der Waals surface area contributed by atoms with E-state index in [1.165, 1.54) is 0 Å². The van der Waals surface area contributed by atoms with Crippen LogP contribution in [0.15, 0.2) is 15.9 Å². The minimum atomic E-state index is 0.567. The van der Waals surface area contributed by atoms with Crippen LogP contribution in [0.25, 0.3) is 10.6 Å². The van der Waals surface area contributed by atoms with Gasteiger partial charge in [0, 0.05) is 6.42 Å². The number of nitrogens with zero attached hydrogens (tertiary/aromatic N) is 1. The number of H-pyrrole nitrogens is 1. The molecule has 0 aliphatic rings. The normalized spacial score (nSPS) is 10.9. The maximum atomic E-state index is 6.06. The lowest BCUT2D eigenvalue weighted by molar-refractivity contribution is 0.895. The lowest BCUT2D eigenvalue weighted by Crippen LogP contribution is -2.03. The molecular weight excluding hydrogens is 298 g/mol. The molecule has 0 saturated heterocycles. The van der Waals surface area contributed by atoms with E-state index in [1.54, 1.807) is 11.3 Å². The van der Waals surface area contributed by atoms with Crippen molar-refractivity contribution in [3.8, 4) is 10.6 Å². The summed E-state index contributed by atoms with van der Waals surface area (Å²) in [4.78, 5) is 8.47. The van der Waals surface area contributed by atoms with Gasteiger partial charge in [0.2, 0.25) is 0 Å². The topological polar surface area (TPSA) is 54.7 Å². The minimum absolute atomic E-state index is 0.567. The van der Waals surface area contributed by atoms with Crippen LogP contribution in [0.1, 0.15) is 5.82 Å². The number of halogens is 2. The summed E-state index contributed by atoms with van der Waals surface area (Å²) in [5.74, 6) is 0.835. The quantitative estimate of drug-likeness (QED) is 0.915. The summed E-state index contributed by atoms with van der Waals surface area (Å²) in [6, 6.07) is 3.97. The van der Waals surface area contributed by atoms with Gasteiger partial charge in [-0.3, -0.25) is 0 Å². The highest BCUT2D eigenvalue weighted by molar-refractivity contribution is 9.11. The summed E-state index contributed by atoms with van der Waals surface area (Å²) < 4.78 is 1.07. The molecule has 0 bridgehead atoms. The third kappa shape index (κ3) is 2.42. The first kappa shape index (κ1) is 11.1. The molecule has 0 aliphatic carbocycles. The number of hydrogen-bond donors (Lipinski definition) is 2. The number of aromatic nitrogens is 2. The average Bonchev–Trinajstić information content (AvgIpc) is 2.73. The molecule has 0 unspecified atom stereocenters. The largest absolute Gasteiger partial charge is 0.332 e. The second kappa shape index (κ2) is 4.65. The predicted octanol–water partition coefficient (Wildman–Crippen LogP) is 3.06. The molecule has 2 aromatic heterocycles. The second-order valence-corrected chi connectivity index (χ2v) is 5.83. The highest BCUT2D eigenvalue weighted by Crippen LogP contribution is 2.33. The van der Waals surface area contributed by atoms with Gasteiger partial charge in [0.05, 0.1) is 8.66 Å². The zero-order valence-corrected chi connectivity index (χ0v) is 10.9. The van der Waals surface area contributed by atoms with Crippen LogP contribution in [0.4, 0.5) is 0 Å². The van der Waals surface area contributed by atoms with Crippen molar-refractivity contribution < 1.29 is 0 Å². The van der Waals surface area contributed by atoms with Gasteiger partial charge in [-0.15, -0.1) is 11.3 Å². The van der Waals surface area contributed by atoms with Gasteiger partial charge < -0.3 is 10.7 Å². The molecule has 0 aromatic carbocycles. The summed E-state index contributed by atoms with van der Waals surface area (Å²) in [6.45, 7) is 0.567. The fourth-order valence-electron chi connectivity index (χ4n) is 1.26. The van der Waals surface area contributed by atoms with E-state index < -0.39 is 0 Å². The molecule has 0 saturated carbocycles. The van der Waals surface area contributed by atoms with Crippen LogP contribution >= 0.6 is 38.9 Å². The molecule has 0 atom stereocenters. The van der Waals surface area contributed by atoms with E-state index in [9.17, 15) is 0 Å². The van der Waals surface area contributed by atoms with Crippen LogP contribution in [0, 0.1) is 0 Å². The van der Waals surface area contributed by atoms with Crippen molar-refractivity contribution >= 4 is 38.9 Å². The monoisotopic (exact) mass is 305 g/mol. The van der Waals surface area contributed by atoms with Gasteiger partial charge in [-0.2, -0.15) is 0 Å². The van der Waals surface area contributed by atoms with Gasteiger partial charge in [0.1, 0.15) is 16.7 Å². The molecule has 6 heteroatoms. The number of aromatic amines is 1. The molecule has 15 heavy (non-hydrogen) atoms. The maximum Gasteiger partial charge on any atom is 0.135 e. The van der Waals surface area contributed by atoms with Crippen LogP contribution in [-0.2, 0) is 6.42 Å². The molecule has 0 fully saturated rings. The SMILES string of the molecule is NCCc1nc(-c2ccc(Br)s2)c(Cl)[nH]1. The van der Waals surface area contributed by atoms with Gasteiger partial charge in [-0.05, 0) is 34.6 Å². The van der Waals surface area contributed by atoms with Crippen LogP contribution in [0.3, 0.4) is 0 Å². The Morgan fingerprint density at radius 2 is 2.33 bits per heavy atom. The van der Waals surface area contributed by atoms with Crippen molar-refractivity contribution in [1.82, 2.24) is 9.97 Å². The Morgan fingerprint density at radius 1 is 1.53 bits per heavy atom. The Hall–Kier alpha value is -0.360. The zero-order chi connectivity index (χ0) is 10.8. The highest BCUT2D eigenvalue weighted by atomic mass is 79.9. The van der Waals surface area contributed by atoms with Crippen molar-refractivity contribution in [3.63, 3.8) is 0 Å². The smallest absolute Gasteiger partial charge is 0.135 e. The summed E-state index contributed by atoms with van der Waals surface area (Å²) in [5, 5.41) is 0.577. The number of imidazole rings is 1. The Morgan fingerprint density at radius 3 is 2.93 bits per heavy atom. The molecule has 0 aliphatic heterocycles. The van der Waals surface area contributed by atoms with E-state index in [4.69, 9.17) is 17.3 Å².